The molecule has 0 aliphatic heterocycles. The lowest BCUT2D eigenvalue weighted by Crippen LogP contribution is -2.40. The Morgan fingerprint density at radius 3 is 2.05 bits per heavy atom. The minimum Gasteiger partial charge on any atom is -0.497 e. The smallest absolute Gasteiger partial charge is 0.337 e. The third kappa shape index (κ3) is 4.77. The van der Waals surface area contributed by atoms with Crippen LogP contribution in [0.15, 0.2) is 88.7 Å². The fourth-order valence-corrected chi connectivity index (χ4v) is 4.48. The van der Waals surface area contributed by atoms with Crippen LogP contribution in [0, 0.1) is 5.82 Å². The molecule has 0 fully saturated rings. The lowest BCUT2D eigenvalue weighted by Gasteiger charge is -2.19. The molecule has 0 saturated carbocycles. The number of ether oxygens (including phenoxy) is 1. The maximum Gasteiger partial charge on any atom is 0.337 e. The van der Waals surface area contributed by atoms with Crippen molar-refractivity contribution < 1.29 is 9.13 Å². The molecule has 38 heavy (non-hydrogen) atoms. The second kappa shape index (κ2) is 9.78. The zero-order chi connectivity index (χ0) is 27.0. The summed E-state index contributed by atoms with van der Waals surface area (Å²) in [5, 5.41) is 0. The molecule has 0 N–H and O–H groups in total. The topological polar surface area (TPSA) is 71.1 Å². The number of imidazole rings is 1. The van der Waals surface area contributed by atoms with Crippen molar-refractivity contribution in [3.8, 4) is 11.4 Å². The van der Waals surface area contributed by atoms with E-state index in [9.17, 15) is 14.0 Å². The number of hydrogen-bond donors (Lipinski definition) is 0. The molecular formula is C30H29FN4O3. The zero-order valence-electron chi connectivity index (χ0n) is 21.8. The molecule has 194 valence electrons. The first-order valence-electron chi connectivity index (χ1n) is 12.3. The summed E-state index contributed by atoms with van der Waals surface area (Å²) < 4.78 is 23.2. The van der Waals surface area contributed by atoms with Gasteiger partial charge in [0.05, 0.1) is 25.7 Å². The highest BCUT2D eigenvalue weighted by Gasteiger charge is 2.20. The van der Waals surface area contributed by atoms with Crippen molar-refractivity contribution in [2.75, 3.05) is 7.11 Å². The maximum absolute atomic E-state index is 13.8. The van der Waals surface area contributed by atoms with Crippen molar-refractivity contribution >= 4 is 11.2 Å². The van der Waals surface area contributed by atoms with Gasteiger partial charge in [0, 0.05) is 6.54 Å². The van der Waals surface area contributed by atoms with E-state index >= 15 is 0 Å². The van der Waals surface area contributed by atoms with Gasteiger partial charge in [0.15, 0.2) is 11.2 Å². The van der Waals surface area contributed by atoms with E-state index in [-0.39, 0.29) is 17.6 Å². The number of nitrogens with zero attached hydrogens (tertiary/aromatic N) is 4. The van der Waals surface area contributed by atoms with Crippen LogP contribution < -0.4 is 16.0 Å². The van der Waals surface area contributed by atoms with Gasteiger partial charge in [-0.2, -0.15) is 0 Å². The van der Waals surface area contributed by atoms with E-state index in [4.69, 9.17) is 4.74 Å². The Bertz CT molecular complexity index is 1710. The van der Waals surface area contributed by atoms with Crippen molar-refractivity contribution in [2.45, 2.75) is 39.3 Å². The normalized spacial score (nSPS) is 11.7. The van der Waals surface area contributed by atoms with Gasteiger partial charge in [-0.15, -0.1) is 0 Å². The summed E-state index contributed by atoms with van der Waals surface area (Å²) in [5.41, 5.74) is 2.95. The third-order valence-electron chi connectivity index (χ3n) is 6.66. The first-order valence-corrected chi connectivity index (χ1v) is 12.3. The minimum atomic E-state index is -0.551. The summed E-state index contributed by atoms with van der Waals surface area (Å²) in [6.07, 6.45) is 1.57. The van der Waals surface area contributed by atoms with Crippen molar-refractivity contribution in [3.63, 3.8) is 0 Å². The molecule has 5 aromatic rings. The van der Waals surface area contributed by atoms with Crippen molar-refractivity contribution in [1.82, 2.24) is 18.7 Å². The van der Waals surface area contributed by atoms with Crippen LogP contribution in [-0.4, -0.2) is 25.8 Å². The van der Waals surface area contributed by atoms with E-state index in [2.05, 4.69) is 37.9 Å². The highest BCUT2D eigenvalue weighted by molar-refractivity contribution is 5.72. The monoisotopic (exact) mass is 512 g/mol. The van der Waals surface area contributed by atoms with Gasteiger partial charge >= 0.3 is 5.69 Å². The second-order valence-corrected chi connectivity index (χ2v) is 10.3. The van der Waals surface area contributed by atoms with E-state index in [1.54, 1.807) is 30.1 Å². The van der Waals surface area contributed by atoms with E-state index < -0.39 is 17.1 Å². The highest BCUT2D eigenvalue weighted by atomic mass is 19.1. The van der Waals surface area contributed by atoms with Crippen LogP contribution in [0.25, 0.3) is 16.9 Å². The molecule has 2 aromatic heterocycles. The Kier molecular flexibility index (Phi) is 6.48. The van der Waals surface area contributed by atoms with E-state index in [0.29, 0.717) is 23.5 Å². The largest absolute Gasteiger partial charge is 0.497 e. The number of aromatic nitrogens is 4. The van der Waals surface area contributed by atoms with Gasteiger partial charge in [0.2, 0.25) is 0 Å². The van der Waals surface area contributed by atoms with E-state index in [1.165, 1.54) is 39.0 Å². The van der Waals surface area contributed by atoms with E-state index in [0.717, 1.165) is 11.1 Å². The fraction of sp³-hybridized carbons (Fsp3) is 0.233. The number of fused-ring (bicyclic) bond motifs is 1. The molecule has 8 heteroatoms. The van der Waals surface area contributed by atoms with Crippen LogP contribution in [0.1, 0.15) is 37.5 Å². The number of halogens is 1. The second-order valence-electron chi connectivity index (χ2n) is 10.3. The highest BCUT2D eigenvalue weighted by Crippen LogP contribution is 2.23. The van der Waals surface area contributed by atoms with Crippen molar-refractivity contribution in [3.05, 3.63) is 122 Å². The Labute approximate surface area is 219 Å². The number of methoxy groups -OCH3 is 1. The summed E-state index contributed by atoms with van der Waals surface area (Å²) in [6, 6.07) is 21.0. The average molecular weight is 513 g/mol. The van der Waals surface area contributed by atoms with Crippen LogP contribution in [0.3, 0.4) is 0 Å². The summed E-state index contributed by atoms with van der Waals surface area (Å²) >= 11 is 0. The summed E-state index contributed by atoms with van der Waals surface area (Å²) in [5.74, 6) is 0.254. The van der Waals surface area contributed by atoms with Crippen LogP contribution in [0.4, 0.5) is 4.39 Å². The van der Waals surface area contributed by atoms with Gasteiger partial charge in [-0.25, -0.2) is 18.7 Å². The van der Waals surface area contributed by atoms with Gasteiger partial charge in [0.1, 0.15) is 11.6 Å². The van der Waals surface area contributed by atoms with Crippen LogP contribution >= 0.6 is 0 Å². The summed E-state index contributed by atoms with van der Waals surface area (Å²) in [7, 11) is 1.58. The first kappa shape index (κ1) is 25.2. The predicted octanol–water partition coefficient (Wildman–Crippen LogP) is 4.89. The summed E-state index contributed by atoms with van der Waals surface area (Å²) in [6.45, 7) is 6.94. The molecule has 5 rings (SSSR count). The van der Waals surface area contributed by atoms with Crippen LogP contribution in [0.5, 0.6) is 5.75 Å². The van der Waals surface area contributed by atoms with E-state index in [1.807, 2.05) is 24.3 Å². The number of benzene rings is 3. The van der Waals surface area contributed by atoms with Crippen LogP contribution in [-0.2, 0) is 18.5 Å². The van der Waals surface area contributed by atoms with Crippen LogP contribution in [0.2, 0.25) is 0 Å². The fourth-order valence-electron chi connectivity index (χ4n) is 4.48. The molecule has 0 aliphatic rings. The first-order chi connectivity index (χ1) is 18.2. The number of hydrogen-bond acceptors (Lipinski definition) is 4. The maximum atomic E-state index is 13.8. The van der Waals surface area contributed by atoms with Crippen molar-refractivity contribution in [1.29, 1.82) is 0 Å². The molecule has 0 amide bonds. The van der Waals surface area contributed by atoms with Gasteiger partial charge in [-0.3, -0.25) is 9.36 Å². The van der Waals surface area contributed by atoms with Gasteiger partial charge in [-0.05, 0) is 58.5 Å². The quantitative estimate of drug-likeness (QED) is 0.325. The molecule has 0 radical (unpaired) electrons. The molecule has 0 atom stereocenters. The molecule has 0 aliphatic carbocycles. The van der Waals surface area contributed by atoms with Gasteiger partial charge < -0.3 is 9.30 Å². The number of rotatable bonds is 6. The average Bonchev–Trinajstić information content (AvgIpc) is 3.31. The molecule has 0 bridgehead atoms. The molecule has 3 aromatic carbocycles. The Morgan fingerprint density at radius 2 is 1.45 bits per heavy atom. The Balaban J connectivity index is 1.66. The standard InChI is InChI=1S/C30H29FN4O3/c1-30(2,3)22-9-5-20(6-10-22)17-33-19-32-27-26(33)28(36)34(18-21-7-15-25(38-4)16-8-21)29(37)35(27)24-13-11-23(31)12-14-24/h5-16,19H,17-18H2,1-4H3. The lowest BCUT2D eigenvalue weighted by molar-refractivity contribution is 0.414. The third-order valence-corrected chi connectivity index (χ3v) is 6.66. The summed E-state index contributed by atoms with van der Waals surface area (Å²) in [4.78, 5) is 31.9. The molecule has 2 heterocycles. The van der Waals surface area contributed by atoms with Gasteiger partial charge in [0.25, 0.3) is 5.56 Å². The Hall–Kier alpha value is -4.46. The molecular weight excluding hydrogens is 483 g/mol. The molecule has 0 saturated heterocycles. The SMILES string of the molecule is COc1ccc(Cn2c(=O)c3c(ncn3Cc3ccc(C(C)(C)C)cc3)n(-c3ccc(F)cc3)c2=O)cc1. The van der Waals surface area contributed by atoms with Crippen molar-refractivity contribution in [2.24, 2.45) is 0 Å². The Morgan fingerprint density at radius 1 is 0.842 bits per heavy atom. The van der Waals surface area contributed by atoms with Gasteiger partial charge in [-0.1, -0.05) is 57.2 Å². The molecule has 7 nitrogen and oxygen atoms in total. The molecule has 0 unspecified atom stereocenters. The minimum absolute atomic E-state index is 0.0284. The zero-order valence-corrected chi connectivity index (χ0v) is 21.8. The predicted molar refractivity (Wildman–Crippen MR) is 146 cm³/mol. The lowest BCUT2D eigenvalue weighted by atomic mass is 9.87. The molecule has 0 spiro atoms.